The molecule has 2 heterocycles. The summed E-state index contributed by atoms with van der Waals surface area (Å²) in [6.45, 7) is 0. The molecule has 28 heavy (non-hydrogen) atoms. The van der Waals surface area contributed by atoms with E-state index in [1.807, 2.05) is 0 Å². The topological polar surface area (TPSA) is 98.1 Å². The first-order valence-corrected chi connectivity index (χ1v) is 8.51. The van der Waals surface area contributed by atoms with Crippen molar-refractivity contribution in [2.24, 2.45) is 0 Å². The number of hydrogen-bond acceptors (Lipinski definition) is 5. The number of para-hydroxylation sites is 2. The van der Waals surface area contributed by atoms with Gasteiger partial charge in [0.15, 0.2) is 5.82 Å². The zero-order valence-electron chi connectivity index (χ0n) is 14.8. The molecule has 1 aliphatic rings. The number of hydrogen-bond donors (Lipinski definition) is 2. The molecule has 1 aromatic heterocycles. The Morgan fingerprint density at radius 3 is 2.75 bits per heavy atom. The van der Waals surface area contributed by atoms with E-state index in [1.165, 1.54) is 36.1 Å². The highest BCUT2D eigenvalue weighted by Crippen LogP contribution is 2.29. The number of carbonyl (C=O) groups is 2. The van der Waals surface area contributed by atoms with Gasteiger partial charge in [-0.3, -0.25) is 14.9 Å². The van der Waals surface area contributed by atoms with Crippen molar-refractivity contribution in [3.63, 3.8) is 0 Å². The molecule has 8 nitrogen and oxygen atoms in total. The Balaban J connectivity index is 1.65. The monoisotopic (exact) mass is 381 g/mol. The molecule has 0 radical (unpaired) electrons. The zero-order valence-corrected chi connectivity index (χ0v) is 14.8. The van der Waals surface area contributed by atoms with Crippen LogP contribution in [0.3, 0.4) is 0 Å². The zero-order chi connectivity index (χ0) is 19.7. The quantitative estimate of drug-likeness (QED) is 0.724. The van der Waals surface area contributed by atoms with Gasteiger partial charge >= 0.3 is 0 Å². The summed E-state index contributed by atoms with van der Waals surface area (Å²) in [5.41, 5.74) is 1.06. The molecule has 2 amide bonds. The number of nitrogens with one attached hydrogen (secondary N) is 2. The Morgan fingerprint density at radius 1 is 1.25 bits per heavy atom. The van der Waals surface area contributed by atoms with Crippen LogP contribution in [-0.4, -0.2) is 33.7 Å². The van der Waals surface area contributed by atoms with Gasteiger partial charge in [0.05, 0.1) is 19.2 Å². The minimum atomic E-state index is -0.879. The molecule has 0 fully saturated rings. The maximum atomic E-state index is 13.2. The van der Waals surface area contributed by atoms with Crippen LogP contribution in [0.25, 0.3) is 11.4 Å². The van der Waals surface area contributed by atoms with E-state index in [4.69, 9.17) is 4.74 Å². The van der Waals surface area contributed by atoms with Crippen LogP contribution in [0.15, 0.2) is 48.5 Å². The normalized spacial score (nSPS) is 15.5. The average molecular weight is 381 g/mol. The van der Waals surface area contributed by atoms with Gasteiger partial charge in [-0.1, -0.05) is 12.1 Å². The number of methoxy groups -OCH3 is 1. The van der Waals surface area contributed by atoms with E-state index in [0.717, 1.165) is 0 Å². The van der Waals surface area contributed by atoms with Gasteiger partial charge in [0.25, 0.3) is 0 Å². The molecule has 1 atom stereocenters. The smallest absolute Gasteiger partial charge is 0.250 e. The molecule has 1 unspecified atom stereocenters. The van der Waals surface area contributed by atoms with Crippen LogP contribution in [0.5, 0.6) is 5.75 Å². The number of benzene rings is 2. The maximum absolute atomic E-state index is 13.2. The molecule has 0 aliphatic carbocycles. The molecule has 0 bridgehead atoms. The van der Waals surface area contributed by atoms with Crippen LogP contribution in [0.2, 0.25) is 0 Å². The number of halogens is 1. The van der Waals surface area contributed by atoms with E-state index >= 15 is 0 Å². The predicted octanol–water partition coefficient (Wildman–Crippen LogP) is 2.61. The summed E-state index contributed by atoms with van der Waals surface area (Å²) in [6, 6.07) is 11.7. The fourth-order valence-electron chi connectivity index (χ4n) is 2.95. The lowest BCUT2D eigenvalue weighted by Crippen LogP contribution is -2.36. The molecule has 4 rings (SSSR count). The fraction of sp³-hybridized carbons (Fsp3) is 0.158. The summed E-state index contributed by atoms with van der Waals surface area (Å²) >= 11 is 0. The Bertz CT molecular complexity index is 1050. The molecule has 2 N–H and O–H groups in total. The van der Waals surface area contributed by atoms with Gasteiger partial charge in [-0.15, -0.1) is 5.10 Å². The van der Waals surface area contributed by atoms with Gasteiger partial charge in [0.1, 0.15) is 17.6 Å². The van der Waals surface area contributed by atoms with Gasteiger partial charge in [0.2, 0.25) is 17.8 Å². The molecular weight excluding hydrogens is 365 g/mol. The second kappa shape index (κ2) is 7.10. The van der Waals surface area contributed by atoms with Gasteiger partial charge in [-0.25, -0.2) is 9.07 Å². The van der Waals surface area contributed by atoms with Crippen molar-refractivity contribution in [3.05, 3.63) is 54.3 Å². The Kier molecular flexibility index (Phi) is 4.48. The molecule has 0 saturated heterocycles. The summed E-state index contributed by atoms with van der Waals surface area (Å²) in [5.74, 6) is -0.193. The number of carbonyl (C=O) groups excluding carboxylic acids is 2. The molecule has 9 heteroatoms. The molecule has 1 aliphatic heterocycles. The van der Waals surface area contributed by atoms with Crippen LogP contribution in [0, 0.1) is 5.82 Å². The van der Waals surface area contributed by atoms with E-state index in [2.05, 4.69) is 20.7 Å². The number of fused-ring (bicyclic) bond motifs is 1. The van der Waals surface area contributed by atoms with Gasteiger partial charge in [-0.05, 0) is 36.4 Å². The van der Waals surface area contributed by atoms with Crippen LogP contribution < -0.4 is 15.4 Å². The maximum Gasteiger partial charge on any atom is 0.250 e. The van der Waals surface area contributed by atoms with E-state index in [1.54, 1.807) is 24.3 Å². The number of nitrogens with zero attached hydrogens (tertiary/aromatic N) is 3. The third kappa shape index (κ3) is 3.29. The first kappa shape index (κ1) is 17.7. The third-order valence-electron chi connectivity index (χ3n) is 4.33. The highest BCUT2D eigenvalue weighted by Gasteiger charge is 2.33. The SMILES string of the molecule is COc1ccccc1NC(=O)C1CC(=O)Nc2nc(-c3ccc(F)cc3)nn21. The lowest BCUT2D eigenvalue weighted by molar-refractivity contribution is -0.125. The molecule has 0 spiro atoms. The Labute approximate surface area is 159 Å². The Morgan fingerprint density at radius 2 is 2.00 bits per heavy atom. The second-order valence-electron chi connectivity index (χ2n) is 6.17. The van der Waals surface area contributed by atoms with Crippen LogP contribution in [-0.2, 0) is 9.59 Å². The van der Waals surface area contributed by atoms with Gasteiger partial charge in [0, 0.05) is 5.56 Å². The lowest BCUT2D eigenvalue weighted by atomic mass is 10.1. The second-order valence-corrected chi connectivity index (χ2v) is 6.17. The third-order valence-corrected chi connectivity index (χ3v) is 4.33. The largest absolute Gasteiger partial charge is 0.495 e. The van der Waals surface area contributed by atoms with Crippen molar-refractivity contribution in [2.45, 2.75) is 12.5 Å². The number of anilines is 2. The minimum absolute atomic E-state index is 0.0831. The van der Waals surface area contributed by atoms with E-state index < -0.39 is 11.9 Å². The summed E-state index contributed by atoms with van der Waals surface area (Å²) in [4.78, 5) is 29.2. The van der Waals surface area contributed by atoms with E-state index in [0.29, 0.717) is 17.0 Å². The standard InChI is InChI=1S/C19H16FN5O3/c1-28-15-5-3-2-4-13(15)21-18(27)14-10-16(26)22-19-23-17(24-25(14)19)11-6-8-12(20)9-7-11/h2-9,14H,10H2,1H3,(H,21,27)(H,22,23,24,26). The van der Waals surface area contributed by atoms with Crippen molar-refractivity contribution < 1.29 is 18.7 Å². The number of rotatable bonds is 4. The number of aromatic nitrogens is 3. The number of amides is 2. The first-order chi connectivity index (χ1) is 13.5. The number of ether oxygens (including phenoxy) is 1. The predicted molar refractivity (Wildman–Crippen MR) is 99.3 cm³/mol. The average Bonchev–Trinajstić information content (AvgIpc) is 3.12. The molecule has 0 saturated carbocycles. The molecule has 3 aromatic rings. The first-order valence-electron chi connectivity index (χ1n) is 8.51. The molecule has 2 aromatic carbocycles. The summed E-state index contributed by atoms with van der Waals surface area (Å²) in [5, 5.41) is 9.72. The summed E-state index contributed by atoms with van der Waals surface area (Å²) < 4.78 is 19.8. The molecule has 142 valence electrons. The van der Waals surface area contributed by atoms with Crippen LogP contribution in [0.4, 0.5) is 16.0 Å². The lowest BCUT2D eigenvalue weighted by Gasteiger charge is -2.22. The Hall–Kier alpha value is -3.75. The fourth-order valence-corrected chi connectivity index (χ4v) is 2.95. The summed E-state index contributed by atoms with van der Waals surface area (Å²) in [7, 11) is 1.50. The van der Waals surface area contributed by atoms with Gasteiger partial charge in [-0.2, -0.15) is 4.98 Å². The van der Waals surface area contributed by atoms with Crippen molar-refractivity contribution in [2.75, 3.05) is 17.7 Å². The van der Waals surface area contributed by atoms with Crippen LogP contribution in [0.1, 0.15) is 12.5 Å². The minimum Gasteiger partial charge on any atom is -0.495 e. The van der Waals surface area contributed by atoms with Crippen molar-refractivity contribution in [1.82, 2.24) is 14.8 Å². The molecular formula is C19H16FN5O3. The van der Waals surface area contributed by atoms with E-state index in [-0.39, 0.29) is 29.9 Å². The summed E-state index contributed by atoms with van der Waals surface area (Å²) in [6.07, 6.45) is -0.0831. The highest BCUT2D eigenvalue weighted by atomic mass is 19.1. The highest BCUT2D eigenvalue weighted by molar-refractivity contribution is 6.01. The van der Waals surface area contributed by atoms with E-state index in [9.17, 15) is 14.0 Å². The van der Waals surface area contributed by atoms with Crippen molar-refractivity contribution in [1.29, 1.82) is 0 Å². The van der Waals surface area contributed by atoms with Crippen LogP contribution >= 0.6 is 0 Å². The van der Waals surface area contributed by atoms with Gasteiger partial charge < -0.3 is 10.1 Å². The van der Waals surface area contributed by atoms with Crippen molar-refractivity contribution >= 4 is 23.5 Å². The van der Waals surface area contributed by atoms with Crippen molar-refractivity contribution in [3.8, 4) is 17.1 Å².